The second-order valence-corrected chi connectivity index (χ2v) is 7.90. The van der Waals surface area contributed by atoms with E-state index in [9.17, 15) is 4.79 Å². The van der Waals surface area contributed by atoms with Crippen molar-refractivity contribution in [3.63, 3.8) is 0 Å². The quantitative estimate of drug-likeness (QED) is 0.724. The molecule has 0 aliphatic rings. The summed E-state index contributed by atoms with van der Waals surface area (Å²) in [6.45, 7) is 7.13. The van der Waals surface area contributed by atoms with E-state index >= 15 is 0 Å². The minimum absolute atomic E-state index is 0.0503. The van der Waals surface area contributed by atoms with Gasteiger partial charge in [-0.2, -0.15) is 0 Å². The zero-order valence-electron chi connectivity index (χ0n) is 14.1. The van der Waals surface area contributed by atoms with E-state index in [1.165, 1.54) is 4.88 Å². The average Bonchev–Trinajstić information content (AvgIpc) is 3.25. The van der Waals surface area contributed by atoms with Crippen molar-refractivity contribution in [1.82, 2.24) is 14.9 Å². The first-order valence-electron chi connectivity index (χ1n) is 7.93. The van der Waals surface area contributed by atoms with Gasteiger partial charge in [0, 0.05) is 33.8 Å². The number of hydrogen-bond donors (Lipinski definition) is 1. The predicted octanol–water partition coefficient (Wildman–Crippen LogP) is 3.96. The van der Waals surface area contributed by atoms with Crippen molar-refractivity contribution in [1.29, 1.82) is 0 Å². The SMILES string of the molecule is Cc1nc(-c2cc(C)n(CC(=O)NCCc3cccs3)c2C)cs1. The highest BCUT2D eigenvalue weighted by Crippen LogP contribution is 2.27. The molecular formula is C18H21N3OS2. The molecule has 0 saturated heterocycles. The fourth-order valence-corrected chi connectivity index (χ4v) is 4.09. The first kappa shape index (κ1) is 16.9. The molecule has 3 aromatic heterocycles. The van der Waals surface area contributed by atoms with Crippen molar-refractivity contribution in [3.05, 3.63) is 50.2 Å². The summed E-state index contributed by atoms with van der Waals surface area (Å²) in [5.74, 6) is 0.0503. The molecule has 1 amide bonds. The number of nitrogens with zero attached hydrogens (tertiary/aromatic N) is 2. The molecule has 3 heterocycles. The van der Waals surface area contributed by atoms with Crippen molar-refractivity contribution in [2.75, 3.05) is 6.54 Å². The lowest BCUT2D eigenvalue weighted by molar-refractivity contribution is -0.121. The zero-order chi connectivity index (χ0) is 17.1. The number of thiazole rings is 1. The largest absolute Gasteiger partial charge is 0.354 e. The lowest BCUT2D eigenvalue weighted by Gasteiger charge is -2.10. The number of nitrogens with one attached hydrogen (secondary N) is 1. The van der Waals surface area contributed by atoms with Crippen LogP contribution in [0.3, 0.4) is 0 Å². The van der Waals surface area contributed by atoms with E-state index in [0.29, 0.717) is 13.1 Å². The molecule has 0 fully saturated rings. The third-order valence-electron chi connectivity index (χ3n) is 4.04. The fourth-order valence-electron chi connectivity index (χ4n) is 2.77. The summed E-state index contributed by atoms with van der Waals surface area (Å²) in [7, 11) is 0. The molecule has 1 N–H and O–H groups in total. The van der Waals surface area contributed by atoms with Crippen LogP contribution in [-0.4, -0.2) is 22.0 Å². The number of rotatable bonds is 6. The Morgan fingerprint density at radius 1 is 1.29 bits per heavy atom. The molecule has 0 bridgehead atoms. The molecule has 24 heavy (non-hydrogen) atoms. The van der Waals surface area contributed by atoms with Crippen LogP contribution in [0.25, 0.3) is 11.3 Å². The first-order valence-corrected chi connectivity index (χ1v) is 9.69. The molecule has 0 saturated carbocycles. The highest BCUT2D eigenvalue weighted by Gasteiger charge is 2.15. The minimum Gasteiger partial charge on any atom is -0.354 e. The normalized spacial score (nSPS) is 11.0. The maximum absolute atomic E-state index is 12.3. The number of amides is 1. The third-order valence-corrected chi connectivity index (χ3v) is 5.75. The summed E-state index contributed by atoms with van der Waals surface area (Å²) in [6, 6.07) is 6.25. The van der Waals surface area contributed by atoms with Crippen LogP contribution in [0.15, 0.2) is 29.0 Å². The Bertz CT molecular complexity index is 831. The van der Waals surface area contributed by atoms with Crippen LogP contribution in [0.1, 0.15) is 21.3 Å². The molecule has 0 unspecified atom stereocenters. The van der Waals surface area contributed by atoms with E-state index in [1.807, 2.05) is 19.9 Å². The average molecular weight is 360 g/mol. The van der Waals surface area contributed by atoms with Crippen molar-refractivity contribution >= 4 is 28.6 Å². The van der Waals surface area contributed by atoms with Crippen LogP contribution in [0.2, 0.25) is 0 Å². The second kappa shape index (κ2) is 7.32. The molecule has 0 aliphatic carbocycles. The molecule has 3 aromatic rings. The number of hydrogen-bond acceptors (Lipinski definition) is 4. The van der Waals surface area contributed by atoms with Crippen LogP contribution in [0.4, 0.5) is 0 Å². The van der Waals surface area contributed by atoms with Gasteiger partial charge in [-0.05, 0) is 44.7 Å². The fraction of sp³-hybridized carbons (Fsp3) is 0.333. The van der Waals surface area contributed by atoms with Crippen LogP contribution in [0, 0.1) is 20.8 Å². The summed E-state index contributed by atoms with van der Waals surface area (Å²) in [6.07, 6.45) is 0.885. The molecule has 126 valence electrons. The first-order chi connectivity index (χ1) is 11.5. The number of thiophene rings is 1. The number of carbonyl (C=O) groups is 1. The van der Waals surface area contributed by atoms with Gasteiger partial charge in [0.15, 0.2) is 0 Å². The van der Waals surface area contributed by atoms with Gasteiger partial charge in [0.25, 0.3) is 0 Å². The maximum Gasteiger partial charge on any atom is 0.239 e. The van der Waals surface area contributed by atoms with Gasteiger partial charge in [0.05, 0.1) is 10.7 Å². The topological polar surface area (TPSA) is 46.9 Å². The van der Waals surface area contributed by atoms with Gasteiger partial charge in [-0.3, -0.25) is 4.79 Å². The monoisotopic (exact) mass is 359 g/mol. The molecular weight excluding hydrogens is 338 g/mol. The lowest BCUT2D eigenvalue weighted by atomic mass is 10.2. The van der Waals surface area contributed by atoms with Crippen molar-refractivity contribution in [3.8, 4) is 11.3 Å². The maximum atomic E-state index is 12.3. The summed E-state index contributed by atoms with van der Waals surface area (Å²) in [5, 5.41) is 8.20. The van der Waals surface area contributed by atoms with Gasteiger partial charge < -0.3 is 9.88 Å². The standard InChI is InChI=1S/C18H21N3OS2/c1-12-9-16(17-11-24-14(3)20-17)13(2)21(12)10-18(22)19-7-6-15-5-4-8-23-15/h4-5,8-9,11H,6-7,10H2,1-3H3,(H,19,22). The Kier molecular flexibility index (Phi) is 5.16. The molecule has 0 aliphatic heterocycles. The molecule has 4 nitrogen and oxygen atoms in total. The highest BCUT2D eigenvalue weighted by molar-refractivity contribution is 7.10. The van der Waals surface area contributed by atoms with Gasteiger partial charge in [-0.1, -0.05) is 6.07 Å². The molecule has 0 aromatic carbocycles. The Balaban J connectivity index is 1.64. The Morgan fingerprint density at radius 2 is 2.12 bits per heavy atom. The van der Waals surface area contributed by atoms with E-state index in [1.54, 1.807) is 22.7 Å². The molecule has 0 radical (unpaired) electrons. The van der Waals surface area contributed by atoms with Gasteiger partial charge >= 0.3 is 0 Å². The zero-order valence-corrected chi connectivity index (χ0v) is 15.8. The summed E-state index contributed by atoms with van der Waals surface area (Å²) in [4.78, 5) is 18.1. The Hall–Kier alpha value is -1.92. The Labute approximate surface area is 150 Å². The summed E-state index contributed by atoms with van der Waals surface area (Å²) < 4.78 is 2.06. The van der Waals surface area contributed by atoms with Crippen LogP contribution >= 0.6 is 22.7 Å². The van der Waals surface area contributed by atoms with E-state index in [-0.39, 0.29) is 5.91 Å². The molecule has 0 spiro atoms. The van der Waals surface area contributed by atoms with E-state index < -0.39 is 0 Å². The van der Waals surface area contributed by atoms with Gasteiger partial charge in [0.1, 0.15) is 6.54 Å². The van der Waals surface area contributed by atoms with E-state index in [2.05, 4.69) is 44.7 Å². The van der Waals surface area contributed by atoms with Crippen LogP contribution < -0.4 is 5.32 Å². The molecule has 3 rings (SSSR count). The van der Waals surface area contributed by atoms with Gasteiger partial charge in [-0.15, -0.1) is 22.7 Å². The third kappa shape index (κ3) is 3.76. The van der Waals surface area contributed by atoms with Gasteiger partial charge in [0.2, 0.25) is 5.91 Å². The van der Waals surface area contributed by atoms with Crippen molar-refractivity contribution < 1.29 is 4.79 Å². The van der Waals surface area contributed by atoms with E-state index in [4.69, 9.17) is 0 Å². The van der Waals surface area contributed by atoms with Crippen LogP contribution in [-0.2, 0) is 17.8 Å². The Morgan fingerprint density at radius 3 is 2.79 bits per heavy atom. The summed E-state index contributed by atoms with van der Waals surface area (Å²) >= 11 is 3.37. The highest BCUT2D eigenvalue weighted by atomic mass is 32.1. The summed E-state index contributed by atoms with van der Waals surface area (Å²) in [5.41, 5.74) is 4.28. The van der Waals surface area contributed by atoms with Crippen molar-refractivity contribution in [2.24, 2.45) is 0 Å². The van der Waals surface area contributed by atoms with E-state index in [0.717, 1.165) is 34.1 Å². The smallest absolute Gasteiger partial charge is 0.239 e. The second-order valence-electron chi connectivity index (χ2n) is 5.80. The predicted molar refractivity (Wildman–Crippen MR) is 101 cm³/mol. The molecule has 6 heteroatoms. The van der Waals surface area contributed by atoms with Crippen molar-refractivity contribution in [2.45, 2.75) is 33.7 Å². The van der Waals surface area contributed by atoms with Gasteiger partial charge in [-0.25, -0.2) is 4.98 Å². The molecule has 0 atom stereocenters. The number of aryl methyl sites for hydroxylation is 2. The van der Waals surface area contributed by atoms with Crippen LogP contribution in [0.5, 0.6) is 0 Å². The number of carbonyl (C=O) groups excluding carboxylic acids is 1. The number of aromatic nitrogens is 2. The minimum atomic E-state index is 0.0503. The lowest BCUT2D eigenvalue weighted by Crippen LogP contribution is -2.29.